The van der Waals surface area contributed by atoms with Gasteiger partial charge in [-0.3, -0.25) is 0 Å². The predicted octanol–water partition coefficient (Wildman–Crippen LogP) is 6.24. The number of nitrogens with zero attached hydrogens (tertiary/aromatic N) is 8. The van der Waals surface area contributed by atoms with Crippen LogP contribution in [0.1, 0.15) is 50.2 Å². The maximum absolute atomic E-state index is 6.26. The summed E-state index contributed by atoms with van der Waals surface area (Å²) in [6.07, 6.45) is 6.62. The van der Waals surface area contributed by atoms with Crippen LogP contribution < -0.4 is 0 Å². The molecule has 0 aliphatic carbocycles. The Kier molecular flexibility index (Phi) is 7.34. The average Bonchev–Trinajstić information content (AvgIpc) is 3.19. The first-order valence-corrected chi connectivity index (χ1v) is 12.0. The zero-order valence-corrected chi connectivity index (χ0v) is 20.8. The summed E-state index contributed by atoms with van der Waals surface area (Å²) in [5.41, 5.74) is 2.59. The van der Waals surface area contributed by atoms with E-state index in [9.17, 15) is 0 Å². The van der Waals surface area contributed by atoms with Crippen LogP contribution in [0, 0.1) is 13.8 Å². The van der Waals surface area contributed by atoms with E-state index in [2.05, 4.69) is 39.0 Å². The molecule has 0 saturated heterocycles. The number of fused-ring (bicyclic) bond motifs is 2. The van der Waals surface area contributed by atoms with Crippen LogP contribution in [0.2, 0.25) is 20.9 Å². The second-order valence-electron chi connectivity index (χ2n) is 7.65. The first-order chi connectivity index (χ1) is 15.3. The summed E-state index contributed by atoms with van der Waals surface area (Å²) < 4.78 is 4.14. The summed E-state index contributed by atoms with van der Waals surface area (Å²) in [4.78, 5) is 25.3. The van der Waals surface area contributed by atoms with E-state index >= 15 is 0 Å². The summed E-state index contributed by atoms with van der Waals surface area (Å²) in [5.74, 6) is 1.73. The van der Waals surface area contributed by atoms with Gasteiger partial charge in [0.05, 0.1) is 0 Å². The van der Waals surface area contributed by atoms with Gasteiger partial charge in [0, 0.05) is 13.1 Å². The van der Waals surface area contributed by atoms with E-state index in [4.69, 9.17) is 46.4 Å². The van der Waals surface area contributed by atoms with Crippen molar-refractivity contribution in [2.45, 2.75) is 65.5 Å². The monoisotopic (exact) mass is 514 g/mol. The fourth-order valence-electron chi connectivity index (χ4n) is 3.95. The Bertz CT molecular complexity index is 1170. The normalized spacial score (nSPS) is 11.8. The first-order valence-electron chi connectivity index (χ1n) is 10.5. The van der Waals surface area contributed by atoms with Gasteiger partial charge in [0.15, 0.2) is 21.6 Å². The lowest BCUT2D eigenvalue weighted by Gasteiger charge is -2.08. The van der Waals surface area contributed by atoms with Gasteiger partial charge in [-0.15, -0.1) is 0 Å². The highest BCUT2D eigenvalue weighted by Gasteiger charge is 2.15. The number of aryl methyl sites for hydroxylation is 4. The van der Waals surface area contributed by atoms with Gasteiger partial charge in [-0.25, -0.2) is 19.9 Å². The Hall–Kier alpha value is -1.74. The quantitative estimate of drug-likeness (QED) is 0.149. The van der Waals surface area contributed by atoms with Crippen molar-refractivity contribution in [2.75, 3.05) is 0 Å². The minimum absolute atomic E-state index is 0.115. The van der Waals surface area contributed by atoms with Gasteiger partial charge in [-0.1, -0.05) is 48.9 Å². The van der Waals surface area contributed by atoms with Crippen LogP contribution in [-0.4, -0.2) is 39.0 Å². The molecule has 8 nitrogen and oxygen atoms in total. The first kappa shape index (κ1) is 23.4. The lowest BCUT2D eigenvalue weighted by Crippen LogP contribution is -2.02. The van der Waals surface area contributed by atoms with Crippen molar-refractivity contribution in [3.63, 3.8) is 0 Å². The van der Waals surface area contributed by atoms with E-state index in [0.29, 0.717) is 21.6 Å². The molecule has 0 bridgehead atoms. The largest absolute Gasteiger partial charge is 0.324 e. The lowest BCUT2D eigenvalue weighted by atomic mass is 10.1. The minimum Gasteiger partial charge on any atom is -0.324 e. The second-order valence-corrected chi connectivity index (χ2v) is 9.05. The van der Waals surface area contributed by atoms with Gasteiger partial charge in [0.2, 0.25) is 10.6 Å². The summed E-state index contributed by atoms with van der Waals surface area (Å²) in [5, 5.41) is 0.917. The number of rotatable bonds is 9. The van der Waals surface area contributed by atoms with Crippen LogP contribution in [-0.2, 0) is 13.1 Å². The van der Waals surface area contributed by atoms with E-state index in [-0.39, 0.29) is 10.6 Å². The molecule has 32 heavy (non-hydrogen) atoms. The molecule has 0 aliphatic heterocycles. The fraction of sp³-hybridized carbons (Fsp3) is 0.500. The van der Waals surface area contributed by atoms with Gasteiger partial charge >= 0.3 is 0 Å². The minimum atomic E-state index is 0.115. The average molecular weight is 516 g/mol. The van der Waals surface area contributed by atoms with Gasteiger partial charge in [0.25, 0.3) is 0 Å². The molecule has 12 heteroatoms. The summed E-state index contributed by atoms with van der Waals surface area (Å²) >= 11 is 24.3. The van der Waals surface area contributed by atoms with Crippen molar-refractivity contribution in [3.8, 4) is 0 Å². The van der Waals surface area contributed by atoms with Gasteiger partial charge in [-0.05, 0) is 49.9 Å². The van der Waals surface area contributed by atoms with Crippen molar-refractivity contribution in [3.05, 3.63) is 32.5 Å². The number of hydrogen-bond donors (Lipinski definition) is 0. The van der Waals surface area contributed by atoms with Crippen LogP contribution in [0.15, 0.2) is 0 Å². The van der Waals surface area contributed by atoms with Crippen LogP contribution >= 0.6 is 46.4 Å². The van der Waals surface area contributed by atoms with Crippen LogP contribution in [0.4, 0.5) is 0 Å². The molecule has 0 N–H and O–H groups in total. The SMILES string of the molecule is Cc1nc2nc(Cl)nc(Cl)c2n1CCCCCCCCn1c(C)nc2nc(Cl)nc(Cl)c21. The van der Waals surface area contributed by atoms with E-state index < -0.39 is 0 Å². The highest BCUT2D eigenvalue weighted by atomic mass is 35.5. The molecule has 0 fully saturated rings. The maximum atomic E-state index is 6.26. The summed E-state index contributed by atoms with van der Waals surface area (Å²) in [7, 11) is 0. The van der Waals surface area contributed by atoms with Gasteiger partial charge in [-0.2, -0.15) is 9.97 Å². The topological polar surface area (TPSA) is 87.2 Å². The van der Waals surface area contributed by atoms with E-state index in [1.54, 1.807) is 0 Å². The molecule has 4 rings (SSSR count). The molecule has 0 spiro atoms. The molecular weight excluding hydrogens is 494 g/mol. The van der Waals surface area contributed by atoms with Crippen LogP contribution in [0.25, 0.3) is 22.3 Å². The highest BCUT2D eigenvalue weighted by molar-refractivity contribution is 6.35. The van der Waals surface area contributed by atoms with Crippen molar-refractivity contribution in [2.24, 2.45) is 0 Å². The van der Waals surface area contributed by atoms with Crippen molar-refractivity contribution in [1.29, 1.82) is 0 Å². The Balaban J connectivity index is 1.23. The molecule has 0 amide bonds. The number of halogens is 4. The molecule has 0 atom stereocenters. The molecule has 0 saturated carbocycles. The van der Waals surface area contributed by atoms with E-state index in [0.717, 1.165) is 74.3 Å². The van der Waals surface area contributed by atoms with Crippen molar-refractivity contribution in [1.82, 2.24) is 39.0 Å². The fourth-order valence-corrected chi connectivity index (χ4v) is 4.90. The molecule has 4 aromatic rings. The lowest BCUT2D eigenvalue weighted by molar-refractivity contribution is 0.531. The summed E-state index contributed by atoms with van der Waals surface area (Å²) in [6, 6.07) is 0. The molecule has 0 aromatic carbocycles. The zero-order chi connectivity index (χ0) is 22.8. The Morgan fingerprint density at radius 2 is 0.906 bits per heavy atom. The van der Waals surface area contributed by atoms with E-state index in [1.165, 1.54) is 0 Å². The van der Waals surface area contributed by atoms with Gasteiger partial charge in [0.1, 0.15) is 22.7 Å². The third-order valence-corrected chi connectivity index (χ3v) is 6.33. The van der Waals surface area contributed by atoms with Crippen molar-refractivity contribution >= 4 is 68.7 Å². The maximum Gasteiger partial charge on any atom is 0.225 e. The molecule has 4 heterocycles. The van der Waals surface area contributed by atoms with E-state index in [1.807, 2.05) is 13.8 Å². The summed E-state index contributed by atoms with van der Waals surface area (Å²) in [6.45, 7) is 5.54. The third kappa shape index (κ3) is 4.93. The molecule has 4 aromatic heterocycles. The standard InChI is InChI=1S/C20H22Cl4N8/c1-11-25-17-13(15(21)27-19(23)29-17)31(11)9-7-5-3-4-6-8-10-32-12(2)26-18-14(32)16(22)28-20(24)30-18/h3-10H2,1-2H3. The smallest absolute Gasteiger partial charge is 0.225 e. The third-order valence-electron chi connectivity index (χ3n) is 5.46. The number of unbranched alkanes of at least 4 members (excludes halogenated alkanes) is 5. The molecule has 170 valence electrons. The Morgan fingerprint density at radius 3 is 1.31 bits per heavy atom. The van der Waals surface area contributed by atoms with Crippen molar-refractivity contribution < 1.29 is 0 Å². The Morgan fingerprint density at radius 1 is 0.531 bits per heavy atom. The number of aromatic nitrogens is 8. The Labute approximate surface area is 205 Å². The zero-order valence-electron chi connectivity index (χ0n) is 17.7. The molecule has 0 aliphatic rings. The highest BCUT2D eigenvalue weighted by Crippen LogP contribution is 2.25. The second kappa shape index (κ2) is 10.0. The molecule has 0 radical (unpaired) electrons. The molecular formula is C20H22Cl4N8. The number of imidazole rings is 2. The number of hydrogen-bond acceptors (Lipinski definition) is 6. The molecule has 0 unspecified atom stereocenters. The predicted molar refractivity (Wildman–Crippen MR) is 128 cm³/mol. The van der Waals surface area contributed by atoms with Crippen LogP contribution in [0.5, 0.6) is 0 Å². The van der Waals surface area contributed by atoms with Gasteiger partial charge < -0.3 is 9.13 Å². The van der Waals surface area contributed by atoms with Crippen LogP contribution in [0.3, 0.4) is 0 Å².